The zero-order chi connectivity index (χ0) is 17.2. The Morgan fingerprint density at radius 3 is 2.48 bits per heavy atom. The van der Waals surface area contributed by atoms with E-state index in [0.717, 1.165) is 0 Å². The van der Waals surface area contributed by atoms with Gasteiger partial charge in [0.15, 0.2) is 0 Å². The van der Waals surface area contributed by atoms with Crippen LogP contribution in [0.5, 0.6) is 0 Å². The standard InChI is InChI=1S/C14H18N2O7/c1-22-6-7-23-9-13(17)15-12(14(18)19)8-10-2-4-11(5-3-10)16(20)21/h2-5,12H,6-9H2,1H3,(H,15,17)(H,18,19)/t12-/m1/s1. The molecule has 0 aromatic heterocycles. The van der Waals surface area contributed by atoms with E-state index in [-0.39, 0.29) is 25.3 Å². The number of hydrogen-bond acceptors (Lipinski definition) is 6. The molecule has 0 aliphatic rings. The number of carbonyl (C=O) groups is 2. The van der Waals surface area contributed by atoms with E-state index in [1.807, 2.05) is 0 Å². The maximum absolute atomic E-state index is 11.6. The number of carboxylic acid groups (broad SMARTS) is 1. The summed E-state index contributed by atoms with van der Waals surface area (Å²) in [5.41, 5.74) is 0.472. The SMILES string of the molecule is COCCOCC(=O)N[C@H](Cc1ccc([N+](=O)[O-])cc1)C(=O)O. The van der Waals surface area contributed by atoms with Crippen LogP contribution in [0.25, 0.3) is 0 Å². The highest BCUT2D eigenvalue weighted by molar-refractivity contribution is 5.84. The second-order valence-corrected chi connectivity index (χ2v) is 4.63. The first-order chi connectivity index (χ1) is 10.9. The summed E-state index contributed by atoms with van der Waals surface area (Å²) in [5.74, 6) is -1.76. The molecule has 126 valence electrons. The van der Waals surface area contributed by atoms with E-state index >= 15 is 0 Å². The third-order valence-corrected chi connectivity index (χ3v) is 2.89. The monoisotopic (exact) mass is 326 g/mol. The van der Waals surface area contributed by atoms with Gasteiger partial charge in [0, 0.05) is 25.7 Å². The van der Waals surface area contributed by atoms with E-state index in [0.29, 0.717) is 12.2 Å². The molecule has 0 spiro atoms. The lowest BCUT2D eigenvalue weighted by atomic mass is 10.1. The van der Waals surface area contributed by atoms with E-state index in [2.05, 4.69) is 5.32 Å². The summed E-state index contributed by atoms with van der Waals surface area (Å²) < 4.78 is 9.75. The molecule has 1 amide bonds. The molecule has 9 heteroatoms. The Labute approximate surface area is 132 Å². The Morgan fingerprint density at radius 1 is 1.30 bits per heavy atom. The van der Waals surface area contributed by atoms with E-state index < -0.39 is 22.8 Å². The van der Waals surface area contributed by atoms with Gasteiger partial charge in [-0.25, -0.2) is 4.79 Å². The van der Waals surface area contributed by atoms with Crippen LogP contribution in [-0.2, 0) is 25.5 Å². The summed E-state index contributed by atoms with van der Waals surface area (Å²) in [7, 11) is 1.49. The van der Waals surface area contributed by atoms with Crippen LogP contribution in [0, 0.1) is 10.1 Å². The van der Waals surface area contributed by atoms with Gasteiger partial charge >= 0.3 is 5.97 Å². The second kappa shape index (κ2) is 9.49. The van der Waals surface area contributed by atoms with Crippen molar-refractivity contribution in [3.63, 3.8) is 0 Å². The predicted molar refractivity (Wildman–Crippen MR) is 79.1 cm³/mol. The summed E-state index contributed by atoms with van der Waals surface area (Å²) in [6, 6.07) is 4.33. The smallest absolute Gasteiger partial charge is 0.326 e. The first-order valence-corrected chi connectivity index (χ1v) is 6.76. The van der Waals surface area contributed by atoms with Gasteiger partial charge in [0.2, 0.25) is 5.91 Å². The van der Waals surface area contributed by atoms with Gasteiger partial charge in [-0.05, 0) is 5.56 Å². The minimum Gasteiger partial charge on any atom is -0.480 e. The Balaban J connectivity index is 2.56. The molecular formula is C14H18N2O7. The summed E-state index contributed by atoms with van der Waals surface area (Å²) in [6.45, 7) is 0.288. The fourth-order valence-corrected chi connectivity index (χ4v) is 1.73. The molecule has 0 aliphatic carbocycles. The average molecular weight is 326 g/mol. The van der Waals surface area contributed by atoms with Crippen LogP contribution in [0.15, 0.2) is 24.3 Å². The van der Waals surface area contributed by atoms with Crippen LogP contribution < -0.4 is 5.32 Å². The third-order valence-electron chi connectivity index (χ3n) is 2.89. The van der Waals surface area contributed by atoms with Crippen LogP contribution in [0.3, 0.4) is 0 Å². The van der Waals surface area contributed by atoms with Crippen LogP contribution >= 0.6 is 0 Å². The van der Waals surface area contributed by atoms with Gasteiger partial charge in [-0.15, -0.1) is 0 Å². The Morgan fingerprint density at radius 2 is 1.96 bits per heavy atom. The molecule has 9 nitrogen and oxygen atoms in total. The van der Waals surface area contributed by atoms with Crippen LogP contribution in [-0.4, -0.2) is 54.9 Å². The minimum absolute atomic E-state index is 0.0111. The molecule has 0 radical (unpaired) electrons. The highest BCUT2D eigenvalue weighted by atomic mass is 16.6. The largest absolute Gasteiger partial charge is 0.480 e. The molecule has 23 heavy (non-hydrogen) atoms. The normalized spacial score (nSPS) is 11.7. The number of nitro groups is 1. The van der Waals surface area contributed by atoms with Gasteiger partial charge in [0.1, 0.15) is 12.6 Å². The molecule has 0 bridgehead atoms. The Hall–Kier alpha value is -2.52. The molecule has 0 heterocycles. The molecule has 1 atom stereocenters. The van der Waals surface area contributed by atoms with Crippen molar-refractivity contribution in [1.29, 1.82) is 0 Å². The second-order valence-electron chi connectivity index (χ2n) is 4.63. The lowest BCUT2D eigenvalue weighted by Gasteiger charge is -2.14. The molecule has 0 unspecified atom stereocenters. The number of methoxy groups -OCH3 is 1. The van der Waals surface area contributed by atoms with E-state index in [1.165, 1.54) is 31.4 Å². The van der Waals surface area contributed by atoms with E-state index in [4.69, 9.17) is 14.6 Å². The fourth-order valence-electron chi connectivity index (χ4n) is 1.73. The molecule has 1 rings (SSSR count). The highest BCUT2D eigenvalue weighted by Crippen LogP contribution is 2.13. The molecule has 2 N–H and O–H groups in total. The van der Waals surface area contributed by atoms with E-state index in [9.17, 15) is 19.7 Å². The van der Waals surface area contributed by atoms with E-state index in [1.54, 1.807) is 0 Å². The van der Waals surface area contributed by atoms with Gasteiger partial charge in [-0.2, -0.15) is 0 Å². The maximum atomic E-state index is 11.6. The Kier molecular flexibility index (Phi) is 7.64. The predicted octanol–water partition coefficient (Wildman–Crippen LogP) is 0.370. The zero-order valence-electron chi connectivity index (χ0n) is 12.6. The number of rotatable bonds is 10. The highest BCUT2D eigenvalue weighted by Gasteiger charge is 2.20. The van der Waals surface area contributed by atoms with Crippen molar-refractivity contribution in [2.45, 2.75) is 12.5 Å². The fraction of sp³-hybridized carbons (Fsp3) is 0.429. The number of nitro benzene ring substituents is 1. The number of ether oxygens (including phenoxy) is 2. The number of aliphatic carboxylic acids is 1. The number of hydrogen-bond donors (Lipinski definition) is 2. The molecule has 0 saturated carbocycles. The number of amides is 1. The van der Waals surface area contributed by atoms with Gasteiger partial charge < -0.3 is 19.9 Å². The van der Waals surface area contributed by atoms with Crippen molar-refractivity contribution in [3.8, 4) is 0 Å². The number of nitrogens with one attached hydrogen (secondary N) is 1. The van der Waals surface area contributed by atoms with Gasteiger partial charge in [0.25, 0.3) is 5.69 Å². The van der Waals surface area contributed by atoms with Crippen molar-refractivity contribution >= 4 is 17.6 Å². The zero-order valence-corrected chi connectivity index (χ0v) is 12.6. The quantitative estimate of drug-likeness (QED) is 0.361. The van der Waals surface area contributed by atoms with Crippen molar-refractivity contribution in [1.82, 2.24) is 5.32 Å². The number of carbonyl (C=O) groups excluding carboxylic acids is 1. The number of non-ortho nitro benzene ring substituents is 1. The lowest BCUT2D eigenvalue weighted by Crippen LogP contribution is -2.44. The van der Waals surface area contributed by atoms with Crippen LogP contribution in [0.4, 0.5) is 5.69 Å². The molecular weight excluding hydrogens is 308 g/mol. The topological polar surface area (TPSA) is 128 Å². The van der Waals surface area contributed by atoms with Gasteiger partial charge in [-0.3, -0.25) is 14.9 Å². The molecule has 0 saturated heterocycles. The van der Waals surface area contributed by atoms with Gasteiger partial charge in [0.05, 0.1) is 18.1 Å². The van der Waals surface area contributed by atoms with Gasteiger partial charge in [-0.1, -0.05) is 12.1 Å². The molecule has 0 fully saturated rings. The van der Waals surface area contributed by atoms with Crippen molar-refractivity contribution in [2.24, 2.45) is 0 Å². The molecule has 1 aromatic rings. The molecule has 0 aliphatic heterocycles. The van der Waals surface area contributed by atoms with Crippen molar-refractivity contribution < 1.29 is 29.1 Å². The van der Waals surface area contributed by atoms with Crippen LogP contribution in [0.2, 0.25) is 0 Å². The summed E-state index contributed by atoms with van der Waals surface area (Å²) in [4.78, 5) is 32.9. The molecule has 1 aromatic carbocycles. The summed E-state index contributed by atoms with van der Waals surface area (Å²) in [5, 5.41) is 22.1. The Bertz CT molecular complexity index is 545. The third kappa shape index (κ3) is 6.85. The number of carboxylic acids is 1. The number of nitrogens with zero attached hydrogens (tertiary/aromatic N) is 1. The maximum Gasteiger partial charge on any atom is 0.326 e. The number of benzene rings is 1. The first kappa shape index (κ1) is 18.5. The average Bonchev–Trinajstić information content (AvgIpc) is 2.51. The first-order valence-electron chi connectivity index (χ1n) is 6.76. The lowest BCUT2D eigenvalue weighted by molar-refractivity contribution is -0.384. The van der Waals surface area contributed by atoms with Crippen molar-refractivity contribution in [2.75, 3.05) is 26.9 Å². The van der Waals surface area contributed by atoms with Crippen molar-refractivity contribution in [3.05, 3.63) is 39.9 Å². The summed E-state index contributed by atoms with van der Waals surface area (Å²) in [6.07, 6.45) is 0.0111. The summed E-state index contributed by atoms with van der Waals surface area (Å²) >= 11 is 0. The minimum atomic E-state index is -1.20. The van der Waals surface area contributed by atoms with Crippen LogP contribution in [0.1, 0.15) is 5.56 Å².